The van der Waals surface area contributed by atoms with E-state index in [1.807, 2.05) is 37.2 Å². The summed E-state index contributed by atoms with van der Waals surface area (Å²) in [6.07, 6.45) is -0.439. The summed E-state index contributed by atoms with van der Waals surface area (Å²) in [5, 5.41) is 16.1. The molecule has 6 heteroatoms. The van der Waals surface area contributed by atoms with Gasteiger partial charge < -0.3 is 15.3 Å². The van der Waals surface area contributed by atoms with Gasteiger partial charge in [-0.25, -0.2) is 9.97 Å². The number of aromatic nitrogens is 2. The van der Waals surface area contributed by atoms with Gasteiger partial charge >= 0.3 is 0 Å². The van der Waals surface area contributed by atoms with Gasteiger partial charge in [0.05, 0.1) is 18.0 Å². The molecule has 0 radical (unpaired) electrons. The first kappa shape index (κ1) is 16.8. The van der Waals surface area contributed by atoms with Crippen LogP contribution in [0.4, 0.5) is 5.82 Å². The van der Waals surface area contributed by atoms with Gasteiger partial charge in [-0.2, -0.15) is 0 Å². The Bertz CT molecular complexity index is 815. The Morgan fingerprint density at radius 2 is 1.96 bits per heavy atom. The minimum Gasteiger partial charge on any atom is -0.392 e. The molecule has 0 saturated heterocycles. The molecule has 0 aliphatic heterocycles. The van der Waals surface area contributed by atoms with Crippen LogP contribution < -0.4 is 5.32 Å². The molecule has 126 valence electrons. The van der Waals surface area contributed by atoms with E-state index in [2.05, 4.69) is 22.8 Å². The molecule has 1 aromatic carbocycles. The first-order chi connectivity index (χ1) is 11.5. The summed E-state index contributed by atoms with van der Waals surface area (Å²) in [4.78, 5) is 12.4. The summed E-state index contributed by atoms with van der Waals surface area (Å²) in [6.45, 7) is 2.90. The lowest BCUT2D eigenvalue weighted by atomic mass is 10.1. The van der Waals surface area contributed by atoms with Gasteiger partial charge in [0.15, 0.2) is 0 Å². The Kier molecular flexibility index (Phi) is 5.08. The van der Waals surface area contributed by atoms with E-state index in [1.165, 1.54) is 0 Å². The number of nitrogens with zero attached hydrogens (tertiary/aromatic N) is 3. The molecule has 5 nitrogen and oxygen atoms in total. The molecule has 3 aromatic rings. The molecular weight excluding hydrogens is 320 g/mol. The minimum atomic E-state index is -0.439. The largest absolute Gasteiger partial charge is 0.392 e. The number of anilines is 1. The van der Waals surface area contributed by atoms with Crippen LogP contribution in [0.15, 0.2) is 35.7 Å². The second kappa shape index (κ2) is 7.25. The summed E-state index contributed by atoms with van der Waals surface area (Å²) in [5.74, 6) is 1.57. The Labute approximate surface area is 146 Å². The van der Waals surface area contributed by atoms with Crippen molar-refractivity contribution in [1.29, 1.82) is 0 Å². The van der Waals surface area contributed by atoms with E-state index in [1.54, 1.807) is 18.3 Å². The standard InChI is InChI=1S/C18H22N4OS/c1-12(23)9-19-17-16-14(13-7-5-4-6-8-13)11-24-18(16)21-15(20-17)10-22(2)3/h4-8,11-12,23H,9-10H2,1-3H3,(H,19,20,21). The summed E-state index contributed by atoms with van der Waals surface area (Å²) in [5.41, 5.74) is 2.27. The molecule has 2 heterocycles. The highest BCUT2D eigenvalue weighted by molar-refractivity contribution is 7.17. The lowest BCUT2D eigenvalue weighted by Gasteiger charge is -2.13. The molecule has 2 N–H and O–H groups in total. The maximum absolute atomic E-state index is 9.63. The average Bonchev–Trinajstić information content (AvgIpc) is 2.96. The average molecular weight is 342 g/mol. The van der Waals surface area contributed by atoms with Gasteiger partial charge in [-0.15, -0.1) is 11.3 Å². The topological polar surface area (TPSA) is 61.3 Å². The Morgan fingerprint density at radius 1 is 1.21 bits per heavy atom. The molecule has 1 atom stereocenters. The first-order valence-corrected chi connectivity index (χ1v) is 8.82. The number of hydrogen-bond acceptors (Lipinski definition) is 6. The van der Waals surface area contributed by atoms with E-state index in [0.717, 1.165) is 33.0 Å². The molecular formula is C18H22N4OS. The molecule has 2 aromatic heterocycles. The van der Waals surface area contributed by atoms with E-state index in [9.17, 15) is 5.11 Å². The lowest BCUT2D eigenvalue weighted by Crippen LogP contribution is -2.18. The Balaban J connectivity index is 2.11. The monoisotopic (exact) mass is 342 g/mol. The van der Waals surface area contributed by atoms with Crippen LogP contribution in [0.2, 0.25) is 0 Å². The third-order valence-electron chi connectivity index (χ3n) is 3.59. The molecule has 0 aliphatic carbocycles. The number of thiophene rings is 1. The minimum absolute atomic E-state index is 0.439. The number of aliphatic hydroxyl groups excluding tert-OH is 1. The molecule has 0 bridgehead atoms. The van der Waals surface area contributed by atoms with Crippen molar-refractivity contribution < 1.29 is 5.11 Å². The number of hydrogen-bond donors (Lipinski definition) is 2. The van der Waals surface area contributed by atoms with Gasteiger partial charge in [-0.1, -0.05) is 30.3 Å². The predicted octanol–water partition coefficient (Wildman–Crippen LogP) is 3.21. The molecule has 0 saturated carbocycles. The van der Waals surface area contributed by atoms with Crippen molar-refractivity contribution in [2.45, 2.75) is 19.6 Å². The van der Waals surface area contributed by atoms with Crippen molar-refractivity contribution in [3.63, 3.8) is 0 Å². The predicted molar refractivity (Wildman–Crippen MR) is 100 cm³/mol. The van der Waals surface area contributed by atoms with Gasteiger partial charge in [-0.05, 0) is 26.6 Å². The fourth-order valence-corrected chi connectivity index (χ4v) is 3.51. The van der Waals surface area contributed by atoms with Crippen LogP contribution in [-0.4, -0.2) is 46.7 Å². The Morgan fingerprint density at radius 3 is 2.62 bits per heavy atom. The third-order valence-corrected chi connectivity index (χ3v) is 4.46. The van der Waals surface area contributed by atoms with Crippen molar-refractivity contribution in [2.75, 3.05) is 26.0 Å². The van der Waals surface area contributed by atoms with Gasteiger partial charge in [0.25, 0.3) is 0 Å². The molecule has 0 amide bonds. The Hall–Kier alpha value is -2.02. The van der Waals surface area contributed by atoms with E-state index in [0.29, 0.717) is 13.1 Å². The maximum Gasteiger partial charge on any atom is 0.146 e. The smallest absolute Gasteiger partial charge is 0.146 e. The third kappa shape index (κ3) is 3.72. The van der Waals surface area contributed by atoms with Crippen molar-refractivity contribution >= 4 is 27.4 Å². The van der Waals surface area contributed by atoms with Gasteiger partial charge in [-0.3, -0.25) is 0 Å². The molecule has 1 unspecified atom stereocenters. The van der Waals surface area contributed by atoms with E-state index in [-0.39, 0.29) is 0 Å². The fraction of sp³-hybridized carbons (Fsp3) is 0.333. The second-order valence-corrected chi connectivity index (χ2v) is 7.01. The van der Waals surface area contributed by atoms with Crippen LogP contribution in [0.1, 0.15) is 12.7 Å². The number of nitrogens with one attached hydrogen (secondary N) is 1. The highest BCUT2D eigenvalue weighted by atomic mass is 32.1. The first-order valence-electron chi connectivity index (χ1n) is 7.95. The van der Waals surface area contributed by atoms with Crippen LogP contribution in [0, 0.1) is 0 Å². The number of rotatable bonds is 6. The fourth-order valence-electron chi connectivity index (χ4n) is 2.54. The summed E-state index contributed by atoms with van der Waals surface area (Å²) in [6, 6.07) is 10.3. The zero-order valence-electron chi connectivity index (χ0n) is 14.2. The number of aliphatic hydroxyl groups is 1. The van der Waals surface area contributed by atoms with E-state index < -0.39 is 6.10 Å². The van der Waals surface area contributed by atoms with Crippen LogP contribution in [0.3, 0.4) is 0 Å². The molecule has 0 fully saturated rings. The second-order valence-electron chi connectivity index (χ2n) is 6.15. The van der Waals surface area contributed by atoms with Crippen molar-refractivity contribution in [3.8, 4) is 11.1 Å². The number of fused-ring (bicyclic) bond motifs is 1. The zero-order valence-corrected chi connectivity index (χ0v) is 15.0. The summed E-state index contributed by atoms with van der Waals surface area (Å²) in [7, 11) is 4.00. The van der Waals surface area contributed by atoms with Crippen LogP contribution in [-0.2, 0) is 6.54 Å². The van der Waals surface area contributed by atoms with Gasteiger partial charge in [0.1, 0.15) is 16.5 Å². The molecule has 3 rings (SSSR count). The molecule has 0 spiro atoms. The van der Waals surface area contributed by atoms with Gasteiger partial charge in [0.2, 0.25) is 0 Å². The highest BCUT2D eigenvalue weighted by Gasteiger charge is 2.16. The van der Waals surface area contributed by atoms with Crippen LogP contribution in [0.25, 0.3) is 21.3 Å². The summed E-state index contributed by atoms with van der Waals surface area (Å²) >= 11 is 1.63. The zero-order chi connectivity index (χ0) is 17.1. The van der Waals surface area contributed by atoms with Crippen molar-refractivity contribution in [2.24, 2.45) is 0 Å². The van der Waals surface area contributed by atoms with Crippen LogP contribution in [0.5, 0.6) is 0 Å². The quantitative estimate of drug-likeness (QED) is 0.720. The van der Waals surface area contributed by atoms with Crippen molar-refractivity contribution in [3.05, 3.63) is 41.5 Å². The highest BCUT2D eigenvalue weighted by Crippen LogP contribution is 2.36. The molecule has 24 heavy (non-hydrogen) atoms. The SMILES string of the molecule is CC(O)CNc1nc(CN(C)C)nc2scc(-c3ccccc3)c12. The van der Waals surface area contributed by atoms with Crippen molar-refractivity contribution in [1.82, 2.24) is 14.9 Å². The van der Waals surface area contributed by atoms with E-state index >= 15 is 0 Å². The van der Waals surface area contributed by atoms with E-state index in [4.69, 9.17) is 9.97 Å². The van der Waals surface area contributed by atoms with Gasteiger partial charge in [0, 0.05) is 17.5 Å². The normalized spacial score (nSPS) is 12.7. The summed E-state index contributed by atoms with van der Waals surface area (Å²) < 4.78 is 0. The maximum atomic E-state index is 9.63. The molecule has 0 aliphatic rings. The van der Waals surface area contributed by atoms with Crippen LogP contribution >= 0.6 is 11.3 Å². The number of benzene rings is 1. The lowest BCUT2D eigenvalue weighted by molar-refractivity contribution is 0.208.